The molecule has 7 rings (SSSR count). The predicted octanol–water partition coefficient (Wildman–Crippen LogP) is 3.36. The van der Waals surface area contributed by atoms with Gasteiger partial charge >= 0.3 is 11.9 Å². The Hall–Kier alpha value is -4.25. The van der Waals surface area contributed by atoms with Gasteiger partial charge in [0, 0.05) is 47.8 Å². The zero-order valence-corrected chi connectivity index (χ0v) is 26.6. The predicted molar refractivity (Wildman–Crippen MR) is 164 cm³/mol. The van der Waals surface area contributed by atoms with Crippen molar-refractivity contribution in [2.45, 2.75) is 62.7 Å². The van der Waals surface area contributed by atoms with E-state index in [0.717, 1.165) is 11.1 Å². The number of piperazine rings is 1. The number of carbonyl (C=O) groups is 3. The number of ketones is 1. The summed E-state index contributed by atoms with van der Waals surface area (Å²) in [5, 5.41) is 22.1. The van der Waals surface area contributed by atoms with Crippen molar-refractivity contribution in [2.75, 3.05) is 32.8 Å². The van der Waals surface area contributed by atoms with Gasteiger partial charge in [0.15, 0.2) is 23.0 Å². The second-order valence-corrected chi connectivity index (χ2v) is 13.2. The Morgan fingerprint density at radius 3 is 2.65 bits per heavy atom. The number of nitriles is 1. The molecule has 4 bridgehead atoms. The molecule has 2 fully saturated rings. The van der Waals surface area contributed by atoms with Crippen molar-refractivity contribution < 1.29 is 43.2 Å². The molecule has 46 heavy (non-hydrogen) atoms. The molecule has 2 aromatic carbocycles. The molecule has 0 spiro atoms. The van der Waals surface area contributed by atoms with Gasteiger partial charge in [0.25, 0.3) is 0 Å². The molecule has 2 aromatic rings. The second kappa shape index (κ2) is 11.2. The van der Waals surface area contributed by atoms with Crippen LogP contribution in [0.4, 0.5) is 0 Å². The summed E-state index contributed by atoms with van der Waals surface area (Å²) in [6, 6.07) is 1.62. The highest BCUT2D eigenvalue weighted by molar-refractivity contribution is 8.00. The van der Waals surface area contributed by atoms with E-state index in [1.54, 1.807) is 13.0 Å². The second-order valence-electron chi connectivity index (χ2n) is 12.1. The number of methoxy groups -OCH3 is 1. The van der Waals surface area contributed by atoms with E-state index in [4.69, 9.17) is 23.7 Å². The van der Waals surface area contributed by atoms with Gasteiger partial charge in [0.2, 0.25) is 12.6 Å². The summed E-state index contributed by atoms with van der Waals surface area (Å²) >= 11 is 1.21. The number of thioether (sulfide) groups is 1. The van der Waals surface area contributed by atoms with Crippen LogP contribution in [-0.4, -0.2) is 83.6 Å². The van der Waals surface area contributed by atoms with Gasteiger partial charge in [-0.2, -0.15) is 5.26 Å². The lowest BCUT2D eigenvalue weighted by Crippen LogP contribution is -2.70. The topological polar surface area (TPSA) is 148 Å². The summed E-state index contributed by atoms with van der Waals surface area (Å²) in [7, 11) is 1.51. The molecular formula is C33H33N3O9S. The van der Waals surface area contributed by atoms with Gasteiger partial charge in [-0.3, -0.25) is 19.4 Å². The zero-order chi connectivity index (χ0) is 32.6. The lowest BCUT2D eigenvalue weighted by atomic mass is 9.71. The first kappa shape index (κ1) is 30.4. The largest absolute Gasteiger partial charge is 0.504 e. The minimum absolute atomic E-state index is 0.00754. The van der Waals surface area contributed by atoms with Crippen LogP contribution >= 0.6 is 11.8 Å². The van der Waals surface area contributed by atoms with Crippen molar-refractivity contribution in [1.29, 1.82) is 5.26 Å². The van der Waals surface area contributed by atoms with Crippen LogP contribution in [-0.2, 0) is 25.5 Å². The summed E-state index contributed by atoms with van der Waals surface area (Å²) in [6.45, 7) is 9.04. The number of rotatable bonds is 4. The number of phenolic OH excluding ortho intramolecular Hbond substituents is 1. The molecule has 5 aliphatic rings. The average molecular weight is 648 g/mol. The Labute approximate surface area is 269 Å². The molecule has 0 aromatic heterocycles. The van der Waals surface area contributed by atoms with Crippen LogP contribution in [0.5, 0.6) is 28.7 Å². The number of phenols is 1. The van der Waals surface area contributed by atoms with Crippen molar-refractivity contribution in [3.8, 4) is 34.8 Å². The summed E-state index contributed by atoms with van der Waals surface area (Å²) in [4.78, 5) is 42.6. The number of hydrogen-bond acceptors (Lipinski definition) is 13. The Morgan fingerprint density at radius 2 is 1.96 bits per heavy atom. The van der Waals surface area contributed by atoms with E-state index in [9.17, 15) is 24.8 Å². The van der Waals surface area contributed by atoms with Crippen molar-refractivity contribution >= 4 is 29.5 Å². The van der Waals surface area contributed by atoms with E-state index in [2.05, 4.69) is 22.4 Å². The maximum absolute atomic E-state index is 13.0. The summed E-state index contributed by atoms with van der Waals surface area (Å²) in [5.74, 6) is -0.956. The van der Waals surface area contributed by atoms with Gasteiger partial charge in [-0.05, 0) is 31.4 Å². The zero-order valence-electron chi connectivity index (χ0n) is 25.8. The monoisotopic (exact) mass is 647 g/mol. The molecule has 5 heterocycles. The molecule has 0 amide bonds. The molecule has 13 heteroatoms. The van der Waals surface area contributed by atoms with Crippen LogP contribution in [0.1, 0.15) is 57.6 Å². The molecule has 0 radical (unpaired) electrons. The molecule has 0 aliphatic carbocycles. The van der Waals surface area contributed by atoms with Gasteiger partial charge in [0.1, 0.15) is 18.4 Å². The van der Waals surface area contributed by atoms with Crippen LogP contribution in [0.15, 0.2) is 18.7 Å². The van der Waals surface area contributed by atoms with Crippen molar-refractivity contribution in [3.05, 3.63) is 52.1 Å². The third-order valence-electron chi connectivity index (χ3n) is 9.70. The van der Waals surface area contributed by atoms with Crippen molar-refractivity contribution in [3.63, 3.8) is 0 Å². The smallest absolute Gasteiger partial charge is 0.375 e. The summed E-state index contributed by atoms with van der Waals surface area (Å²) < 4.78 is 29.2. The quantitative estimate of drug-likeness (QED) is 0.224. The first-order chi connectivity index (χ1) is 22.1. The maximum Gasteiger partial charge on any atom is 0.375 e. The van der Waals surface area contributed by atoms with Crippen LogP contribution in [0.2, 0.25) is 0 Å². The molecule has 5 aliphatic heterocycles. The van der Waals surface area contributed by atoms with Gasteiger partial charge < -0.3 is 28.8 Å². The van der Waals surface area contributed by atoms with Crippen LogP contribution in [0.25, 0.3) is 0 Å². The standard InChI is InChI=1S/C33H33N3O9S/c1-6-7-35-18-9-17-8-14(2)28(41-5)27(39)22(17)25(35)26-32-24-23(31-30(43-13-44-31)15(3)29(24)45-16(4)37)20(36(26)19(18)10-34)11-42-33(40)21(38)12-46-32/h6,8,18-20,25-26,32,39H,1,7,9,11-13H2,2-5H3/t18-,19+,20+,25+,26?,32-/m1/s1. The number of carbonyl (C=O) groups excluding carboxylic acids is 3. The van der Waals surface area contributed by atoms with Crippen molar-refractivity contribution in [2.24, 2.45) is 0 Å². The number of nitrogens with zero attached hydrogens (tertiary/aromatic N) is 3. The number of fused-ring (bicyclic) bond motifs is 9. The molecule has 1 N–H and O–H groups in total. The lowest BCUT2D eigenvalue weighted by Gasteiger charge is -2.62. The number of ether oxygens (including phenoxy) is 5. The number of aromatic hydroxyl groups is 1. The minimum atomic E-state index is -0.957. The summed E-state index contributed by atoms with van der Waals surface area (Å²) in [5.41, 5.74) is 4.08. The number of hydrogen-bond donors (Lipinski definition) is 1. The average Bonchev–Trinajstić information content (AvgIpc) is 3.51. The molecule has 0 saturated carbocycles. The number of benzene rings is 2. The molecule has 240 valence electrons. The minimum Gasteiger partial charge on any atom is -0.504 e. The Balaban J connectivity index is 1.58. The summed E-state index contributed by atoms with van der Waals surface area (Å²) in [6.07, 6.45) is 2.23. The number of cyclic esters (lactones) is 1. The van der Waals surface area contributed by atoms with Gasteiger partial charge in [0.05, 0.1) is 36.3 Å². The van der Waals surface area contributed by atoms with E-state index in [0.29, 0.717) is 52.5 Å². The van der Waals surface area contributed by atoms with Crippen LogP contribution in [0, 0.1) is 25.2 Å². The molecule has 1 unspecified atom stereocenters. The van der Waals surface area contributed by atoms with Crippen LogP contribution < -0.4 is 18.9 Å². The number of aryl methyl sites for hydroxylation is 1. The van der Waals surface area contributed by atoms with E-state index >= 15 is 0 Å². The first-order valence-electron chi connectivity index (χ1n) is 15.0. The normalized spacial score (nSPS) is 27.9. The number of esters is 2. The fourth-order valence-electron chi connectivity index (χ4n) is 8.14. The molecule has 12 nitrogen and oxygen atoms in total. The van der Waals surface area contributed by atoms with Gasteiger partial charge in [-0.15, -0.1) is 18.3 Å². The Morgan fingerprint density at radius 1 is 1.20 bits per heavy atom. The number of Topliss-reactive ketones (excluding diaryl/α,β-unsaturated/α-hetero) is 1. The third-order valence-corrected chi connectivity index (χ3v) is 11.0. The maximum atomic E-state index is 13.0. The van der Waals surface area contributed by atoms with Crippen LogP contribution in [0.3, 0.4) is 0 Å². The Kier molecular flexibility index (Phi) is 7.42. The van der Waals surface area contributed by atoms with Gasteiger partial charge in [-0.25, -0.2) is 4.79 Å². The molecule has 6 atom stereocenters. The highest BCUT2D eigenvalue weighted by atomic mass is 32.2. The van der Waals surface area contributed by atoms with E-state index in [1.165, 1.54) is 25.8 Å². The molecule has 2 saturated heterocycles. The Bertz CT molecular complexity index is 1750. The highest BCUT2D eigenvalue weighted by Gasteiger charge is 2.61. The van der Waals surface area contributed by atoms with E-state index in [-0.39, 0.29) is 36.7 Å². The van der Waals surface area contributed by atoms with Crippen molar-refractivity contribution in [1.82, 2.24) is 9.80 Å². The molecular weight excluding hydrogens is 614 g/mol. The van der Waals surface area contributed by atoms with E-state index in [1.807, 2.05) is 13.0 Å². The fourth-order valence-corrected chi connectivity index (χ4v) is 9.48. The lowest BCUT2D eigenvalue weighted by molar-refractivity contribution is -0.157. The van der Waals surface area contributed by atoms with E-state index < -0.39 is 47.1 Å². The third kappa shape index (κ3) is 4.23. The SMILES string of the molecule is C=CCN1[C@@H]2Cc3cc(C)c(OC)c(O)c3[C@H]1C1[C@@H]3SCC(=O)C(=O)OC[C@@H](c4c5c(c(C)c(OC(C)=O)c43)OCO5)N1[C@H]2C#N. The first-order valence-corrected chi connectivity index (χ1v) is 16.1. The van der Waals surface area contributed by atoms with Gasteiger partial charge in [-0.1, -0.05) is 12.1 Å². The fraction of sp³-hybridized carbons (Fsp3) is 0.455. The highest BCUT2D eigenvalue weighted by Crippen LogP contribution is 2.64.